The molecule has 0 saturated heterocycles. The molecule has 0 aliphatic heterocycles. The van der Waals surface area contributed by atoms with E-state index in [1.54, 1.807) is 25.3 Å². The molecule has 0 bridgehead atoms. The molecule has 0 unspecified atom stereocenters. The number of ether oxygens (including phenoxy) is 2. The van der Waals surface area contributed by atoms with Crippen LogP contribution in [-0.2, 0) is 6.61 Å². The predicted molar refractivity (Wildman–Crippen MR) is 78.3 cm³/mol. The normalized spacial score (nSPS) is 10.2. The molecule has 0 heterocycles. The van der Waals surface area contributed by atoms with Crippen LogP contribution < -0.4 is 14.9 Å². The third-order valence-electron chi connectivity index (χ3n) is 3.07. The highest BCUT2D eigenvalue weighted by molar-refractivity contribution is 6.58. The second-order valence-electron chi connectivity index (χ2n) is 4.50. The van der Waals surface area contributed by atoms with E-state index in [2.05, 4.69) is 0 Å². The van der Waals surface area contributed by atoms with E-state index in [0.717, 1.165) is 16.9 Å². The Kier molecular flexibility index (Phi) is 4.66. The lowest BCUT2D eigenvalue weighted by Crippen LogP contribution is -2.29. The van der Waals surface area contributed by atoms with Crippen LogP contribution in [0.25, 0.3) is 0 Å². The van der Waals surface area contributed by atoms with Gasteiger partial charge in [0.05, 0.1) is 7.11 Å². The number of benzene rings is 2. The molecule has 2 aromatic carbocycles. The average molecular weight is 272 g/mol. The molecule has 0 spiro atoms. The van der Waals surface area contributed by atoms with Crippen molar-refractivity contribution in [1.82, 2.24) is 0 Å². The van der Waals surface area contributed by atoms with Crippen molar-refractivity contribution in [2.75, 3.05) is 7.11 Å². The zero-order chi connectivity index (χ0) is 14.5. The lowest BCUT2D eigenvalue weighted by molar-refractivity contribution is 0.295. The minimum atomic E-state index is -1.46. The summed E-state index contributed by atoms with van der Waals surface area (Å²) in [6.07, 6.45) is 0. The minimum absolute atomic E-state index is 0.395. The molecule has 4 nitrogen and oxygen atoms in total. The number of hydrogen-bond donors (Lipinski definition) is 2. The van der Waals surface area contributed by atoms with Crippen molar-refractivity contribution in [2.45, 2.75) is 13.5 Å². The highest BCUT2D eigenvalue weighted by Crippen LogP contribution is 2.21. The summed E-state index contributed by atoms with van der Waals surface area (Å²) in [5.74, 6) is 1.49. The van der Waals surface area contributed by atoms with Crippen LogP contribution in [0.3, 0.4) is 0 Å². The van der Waals surface area contributed by atoms with E-state index in [9.17, 15) is 0 Å². The fourth-order valence-electron chi connectivity index (χ4n) is 1.97. The zero-order valence-electron chi connectivity index (χ0n) is 11.5. The van der Waals surface area contributed by atoms with Crippen LogP contribution in [0.1, 0.15) is 11.1 Å². The molecule has 5 heteroatoms. The highest BCUT2D eigenvalue weighted by Gasteiger charge is 2.12. The summed E-state index contributed by atoms with van der Waals surface area (Å²) in [5, 5.41) is 18.2. The number of aryl methyl sites for hydroxylation is 1. The Bertz CT molecular complexity index is 584. The van der Waals surface area contributed by atoms with Crippen LogP contribution in [0.15, 0.2) is 42.5 Å². The Morgan fingerprint density at radius 1 is 1.05 bits per heavy atom. The maximum Gasteiger partial charge on any atom is 0.488 e. The van der Waals surface area contributed by atoms with Crippen LogP contribution in [0.5, 0.6) is 11.5 Å². The number of methoxy groups -OCH3 is 1. The number of hydrogen-bond acceptors (Lipinski definition) is 4. The second kappa shape index (κ2) is 6.46. The van der Waals surface area contributed by atoms with Gasteiger partial charge in [0.2, 0.25) is 0 Å². The van der Waals surface area contributed by atoms with E-state index in [4.69, 9.17) is 19.5 Å². The largest absolute Gasteiger partial charge is 0.496 e. The van der Waals surface area contributed by atoms with Crippen LogP contribution >= 0.6 is 0 Å². The third-order valence-corrected chi connectivity index (χ3v) is 3.07. The van der Waals surface area contributed by atoms with Gasteiger partial charge in [-0.1, -0.05) is 30.3 Å². The summed E-state index contributed by atoms with van der Waals surface area (Å²) in [4.78, 5) is 0. The Morgan fingerprint density at radius 2 is 1.80 bits per heavy atom. The van der Waals surface area contributed by atoms with Crippen molar-refractivity contribution >= 4 is 12.6 Å². The zero-order valence-corrected chi connectivity index (χ0v) is 11.5. The van der Waals surface area contributed by atoms with Gasteiger partial charge in [-0.15, -0.1) is 0 Å². The predicted octanol–water partition coefficient (Wildman–Crippen LogP) is 1.26. The number of rotatable bonds is 5. The molecule has 2 N–H and O–H groups in total. The van der Waals surface area contributed by atoms with Crippen molar-refractivity contribution in [3.8, 4) is 11.5 Å². The van der Waals surface area contributed by atoms with Crippen LogP contribution in [0.4, 0.5) is 0 Å². The quantitative estimate of drug-likeness (QED) is 0.804. The summed E-state index contributed by atoms with van der Waals surface area (Å²) in [6, 6.07) is 12.7. The minimum Gasteiger partial charge on any atom is -0.496 e. The van der Waals surface area contributed by atoms with Crippen molar-refractivity contribution in [2.24, 2.45) is 0 Å². The molecule has 0 aromatic heterocycles. The molecule has 2 rings (SSSR count). The van der Waals surface area contributed by atoms with Gasteiger partial charge in [0.1, 0.15) is 18.1 Å². The highest BCUT2D eigenvalue weighted by atomic mass is 16.5. The van der Waals surface area contributed by atoms with Gasteiger partial charge in [0.15, 0.2) is 0 Å². The van der Waals surface area contributed by atoms with Crippen molar-refractivity contribution in [3.05, 3.63) is 53.6 Å². The first-order valence-electron chi connectivity index (χ1n) is 6.33. The fraction of sp³-hybridized carbons (Fsp3) is 0.200. The lowest BCUT2D eigenvalue weighted by atomic mass is 9.79. The van der Waals surface area contributed by atoms with Gasteiger partial charge in [-0.3, -0.25) is 0 Å². The maximum absolute atomic E-state index is 9.11. The van der Waals surface area contributed by atoms with Gasteiger partial charge in [-0.05, 0) is 30.1 Å². The molecular formula is C15H17BO4. The Balaban J connectivity index is 2.11. The monoisotopic (exact) mass is 272 g/mol. The third kappa shape index (κ3) is 3.32. The molecule has 0 fully saturated rings. The maximum atomic E-state index is 9.11. The van der Waals surface area contributed by atoms with Gasteiger partial charge >= 0.3 is 7.12 Å². The molecule has 20 heavy (non-hydrogen) atoms. The van der Waals surface area contributed by atoms with Gasteiger partial charge in [-0.2, -0.15) is 0 Å². The van der Waals surface area contributed by atoms with Crippen molar-refractivity contribution in [1.29, 1.82) is 0 Å². The standard InChI is InChI=1S/C15H17BO4/c1-11-9-13(16(17)18)7-8-14(11)20-10-12-5-3-4-6-15(12)19-2/h3-9,17-18H,10H2,1-2H3. The molecule has 0 radical (unpaired) electrons. The van der Waals surface area contributed by atoms with E-state index in [0.29, 0.717) is 17.8 Å². The van der Waals surface area contributed by atoms with Crippen LogP contribution in [-0.4, -0.2) is 24.3 Å². The number of para-hydroxylation sites is 1. The van der Waals surface area contributed by atoms with Gasteiger partial charge < -0.3 is 19.5 Å². The van der Waals surface area contributed by atoms with E-state index in [1.165, 1.54) is 0 Å². The topological polar surface area (TPSA) is 58.9 Å². The Hall–Kier alpha value is -1.98. The molecular weight excluding hydrogens is 255 g/mol. The summed E-state index contributed by atoms with van der Waals surface area (Å²) in [6.45, 7) is 2.26. The summed E-state index contributed by atoms with van der Waals surface area (Å²) >= 11 is 0. The van der Waals surface area contributed by atoms with E-state index >= 15 is 0 Å². The summed E-state index contributed by atoms with van der Waals surface area (Å²) in [5.41, 5.74) is 2.26. The van der Waals surface area contributed by atoms with E-state index in [1.807, 2.05) is 31.2 Å². The van der Waals surface area contributed by atoms with Crippen molar-refractivity contribution < 1.29 is 19.5 Å². The molecule has 0 aliphatic rings. The van der Waals surface area contributed by atoms with Crippen LogP contribution in [0, 0.1) is 6.92 Å². The second-order valence-corrected chi connectivity index (χ2v) is 4.50. The first-order chi connectivity index (χ1) is 9.61. The molecule has 0 atom stereocenters. The summed E-state index contributed by atoms with van der Waals surface area (Å²) < 4.78 is 11.0. The van der Waals surface area contributed by atoms with Gasteiger partial charge in [0.25, 0.3) is 0 Å². The van der Waals surface area contributed by atoms with Gasteiger partial charge in [-0.25, -0.2) is 0 Å². The first kappa shape index (κ1) is 14.4. The van der Waals surface area contributed by atoms with Crippen LogP contribution in [0.2, 0.25) is 0 Å². The fourth-order valence-corrected chi connectivity index (χ4v) is 1.97. The smallest absolute Gasteiger partial charge is 0.488 e. The van der Waals surface area contributed by atoms with Crippen molar-refractivity contribution in [3.63, 3.8) is 0 Å². The molecule has 0 amide bonds. The van der Waals surface area contributed by atoms with E-state index in [-0.39, 0.29) is 0 Å². The molecule has 0 aliphatic carbocycles. The molecule has 104 valence electrons. The average Bonchev–Trinajstić information content (AvgIpc) is 2.46. The molecule has 2 aromatic rings. The van der Waals surface area contributed by atoms with E-state index < -0.39 is 7.12 Å². The first-order valence-corrected chi connectivity index (χ1v) is 6.33. The Labute approximate surface area is 118 Å². The lowest BCUT2D eigenvalue weighted by Gasteiger charge is -2.12. The SMILES string of the molecule is COc1ccccc1COc1ccc(B(O)O)cc1C. The van der Waals surface area contributed by atoms with Gasteiger partial charge in [0, 0.05) is 5.56 Å². The Morgan fingerprint density at radius 3 is 2.45 bits per heavy atom. The summed E-state index contributed by atoms with van der Waals surface area (Å²) in [7, 11) is 0.165. The molecule has 0 saturated carbocycles.